The molecule has 1 aromatic rings. The van der Waals surface area contributed by atoms with Gasteiger partial charge in [-0.15, -0.1) is 0 Å². The highest BCUT2D eigenvalue weighted by Crippen LogP contribution is 2.36. The molecule has 0 heterocycles. The second-order valence-electron chi connectivity index (χ2n) is 8.43. The van der Waals surface area contributed by atoms with Crippen LogP contribution >= 0.6 is 0 Å². The maximum Gasteiger partial charge on any atom is 0.331 e. The van der Waals surface area contributed by atoms with Crippen LogP contribution in [0.25, 0.3) is 5.57 Å². The number of benzene rings is 1. The van der Waals surface area contributed by atoms with Gasteiger partial charge in [0.15, 0.2) is 0 Å². The van der Waals surface area contributed by atoms with Crippen molar-refractivity contribution in [2.24, 2.45) is 17.8 Å². The first kappa shape index (κ1) is 18.2. The first-order valence-electron chi connectivity index (χ1n) is 9.95. The standard InChI is InChI=1S/C23H32O2/c1-15(2)20-12-11-16(3)13-21(20)25-22(24)14-19-10-6-9-18-8-5-7-17(4)23(18)19/h5,7-8,14-16,20-21H,6,9-13H2,1-4H3/b19-14+/t16-,20+,21-/m1/s1. The number of ether oxygens (including phenoxy) is 1. The smallest absolute Gasteiger partial charge is 0.331 e. The topological polar surface area (TPSA) is 26.3 Å². The van der Waals surface area contributed by atoms with Gasteiger partial charge in [0.2, 0.25) is 0 Å². The average Bonchev–Trinajstić information content (AvgIpc) is 2.54. The lowest BCUT2D eigenvalue weighted by atomic mass is 9.75. The van der Waals surface area contributed by atoms with Crippen LogP contribution in [0.2, 0.25) is 0 Å². The van der Waals surface area contributed by atoms with Crippen LogP contribution in [-0.4, -0.2) is 12.1 Å². The summed E-state index contributed by atoms with van der Waals surface area (Å²) >= 11 is 0. The van der Waals surface area contributed by atoms with Gasteiger partial charge in [-0.2, -0.15) is 0 Å². The minimum atomic E-state index is -0.143. The molecule has 2 aliphatic carbocycles. The van der Waals surface area contributed by atoms with Gasteiger partial charge in [0.1, 0.15) is 6.10 Å². The van der Waals surface area contributed by atoms with Crippen molar-refractivity contribution in [2.75, 3.05) is 0 Å². The van der Waals surface area contributed by atoms with Crippen LogP contribution in [0.4, 0.5) is 0 Å². The van der Waals surface area contributed by atoms with Crippen molar-refractivity contribution in [3.8, 4) is 0 Å². The van der Waals surface area contributed by atoms with Gasteiger partial charge in [-0.1, -0.05) is 45.4 Å². The van der Waals surface area contributed by atoms with Crippen molar-refractivity contribution in [2.45, 2.75) is 72.3 Å². The number of aryl methyl sites for hydroxylation is 2. The Kier molecular flexibility index (Phi) is 5.66. The number of hydrogen-bond donors (Lipinski definition) is 0. The molecule has 25 heavy (non-hydrogen) atoms. The van der Waals surface area contributed by atoms with E-state index in [-0.39, 0.29) is 12.1 Å². The summed E-state index contributed by atoms with van der Waals surface area (Å²) in [4.78, 5) is 12.7. The van der Waals surface area contributed by atoms with Crippen molar-refractivity contribution in [3.05, 3.63) is 41.0 Å². The minimum absolute atomic E-state index is 0.0769. The van der Waals surface area contributed by atoms with Crippen LogP contribution < -0.4 is 0 Å². The Labute approximate surface area is 152 Å². The van der Waals surface area contributed by atoms with Crippen LogP contribution in [0.15, 0.2) is 24.3 Å². The molecule has 0 unspecified atom stereocenters. The van der Waals surface area contributed by atoms with E-state index in [1.54, 1.807) is 6.08 Å². The van der Waals surface area contributed by atoms with Crippen LogP contribution in [0.3, 0.4) is 0 Å². The third-order valence-corrected chi connectivity index (χ3v) is 6.09. The predicted octanol–water partition coefficient (Wildman–Crippen LogP) is 5.72. The Bertz CT molecular complexity index is 656. The summed E-state index contributed by atoms with van der Waals surface area (Å²) in [5.74, 6) is 1.57. The zero-order chi connectivity index (χ0) is 18.0. The monoisotopic (exact) mass is 340 g/mol. The summed E-state index contributed by atoms with van der Waals surface area (Å²) in [6.45, 7) is 8.92. The highest BCUT2D eigenvalue weighted by Gasteiger charge is 2.33. The van der Waals surface area contributed by atoms with Gasteiger partial charge in [-0.25, -0.2) is 4.79 Å². The molecule has 3 atom stereocenters. The molecule has 0 spiro atoms. The largest absolute Gasteiger partial charge is 0.459 e. The zero-order valence-corrected chi connectivity index (χ0v) is 16.2. The van der Waals surface area contributed by atoms with Crippen molar-refractivity contribution < 1.29 is 9.53 Å². The number of esters is 1. The fraction of sp³-hybridized carbons (Fsp3) is 0.609. The maximum absolute atomic E-state index is 12.7. The van der Waals surface area contributed by atoms with E-state index in [1.165, 1.54) is 29.5 Å². The third kappa shape index (κ3) is 4.16. The van der Waals surface area contributed by atoms with E-state index in [9.17, 15) is 4.79 Å². The zero-order valence-electron chi connectivity index (χ0n) is 16.2. The number of rotatable bonds is 3. The van der Waals surface area contributed by atoms with Gasteiger partial charge in [0, 0.05) is 6.08 Å². The molecule has 0 bridgehead atoms. The lowest BCUT2D eigenvalue weighted by Gasteiger charge is -2.36. The fourth-order valence-electron chi connectivity index (χ4n) is 4.71. The molecular formula is C23H32O2. The Hall–Kier alpha value is -1.57. The second kappa shape index (κ2) is 7.76. The lowest BCUT2D eigenvalue weighted by Crippen LogP contribution is -2.35. The van der Waals surface area contributed by atoms with Gasteiger partial charge < -0.3 is 4.74 Å². The molecule has 1 fully saturated rings. The van der Waals surface area contributed by atoms with E-state index in [0.29, 0.717) is 17.8 Å². The maximum atomic E-state index is 12.7. The molecule has 0 amide bonds. The van der Waals surface area contributed by atoms with E-state index in [4.69, 9.17) is 4.74 Å². The summed E-state index contributed by atoms with van der Waals surface area (Å²) < 4.78 is 5.98. The predicted molar refractivity (Wildman–Crippen MR) is 103 cm³/mol. The van der Waals surface area contributed by atoms with E-state index in [2.05, 4.69) is 45.9 Å². The molecule has 1 aromatic carbocycles. The van der Waals surface area contributed by atoms with Crippen LogP contribution in [-0.2, 0) is 16.0 Å². The first-order chi connectivity index (χ1) is 12.0. The second-order valence-corrected chi connectivity index (χ2v) is 8.43. The Morgan fingerprint density at radius 2 is 2.04 bits per heavy atom. The van der Waals surface area contributed by atoms with Gasteiger partial charge in [-0.05, 0) is 79.0 Å². The number of carbonyl (C=O) groups excluding carboxylic acids is 1. The van der Waals surface area contributed by atoms with Crippen LogP contribution in [0, 0.1) is 24.7 Å². The Morgan fingerprint density at radius 3 is 2.80 bits per heavy atom. The van der Waals surface area contributed by atoms with Crippen LogP contribution in [0.5, 0.6) is 0 Å². The number of hydrogen-bond acceptors (Lipinski definition) is 2. The quantitative estimate of drug-likeness (QED) is 0.520. The van der Waals surface area contributed by atoms with Gasteiger partial charge in [-0.3, -0.25) is 0 Å². The Morgan fingerprint density at radius 1 is 1.24 bits per heavy atom. The normalized spacial score (nSPS) is 28.0. The molecule has 0 aliphatic heterocycles. The van der Waals surface area contributed by atoms with Gasteiger partial charge in [0.05, 0.1) is 0 Å². The molecule has 2 nitrogen and oxygen atoms in total. The summed E-state index contributed by atoms with van der Waals surface area (Å²) in [6.07, 6.45) is 8.49. The molecule has 0 N–H and O–H groups in total. The summed E-state index contributed by atoms with van der Waals surface area (Å²) in [7, 11) is 0. The molecule has 1 saturated carbocycles. The summed E-state index contributed by atoms with van der Waals surface area (Å²) in [6, 6.07) is 6.45. The highest BCUT2D eigenvalue weighted by atomic mass is 16.5. The minimum Gasteiger partial charge on any atom is -0.459 e. The van der Waals surface area contributed by atoms with Gasteiger partial charge in [0.25, 0.3) is 0 Å². The highest BCUT2D eigenvalue weighted by molar-refractivity contribution is 5.92. The summed E-state index contributed by atoms with van der Waals surface area (Å²) in [5.41, 5.74) is 5.08. The van der Waals surface area contributed by atoms with Crippen LogP contribution in [0.1, 0.15) is 69.6 Å². The Balaban J connectivity index is 1.77. The summed E-state index contributed by atoms with van der Waals surface area (Å²) in [5, 5.41) is 0. The SMILES string of the molecule is Cc1cccc2c1/C(=C/C(=O)O[C@@H]1C[C@H](C)CC[C@H]1C(C)C)CCC2. The van der Waals surface area contributed by atoms with Crippen molar-refractivity contribution in [3.63, 3.8) is 0 Å². The molecule has 0 aromatic heterocycles. The van der Waals surface area contributed by atoms with Crippen molar-refractivity contribution >= 4 is 11.5 Å². The fourth-order valence-corrected chi connectivity index (χ4v) is 4.71. The van der Waals surface area contributed by atoms with Crippen molar-refractivity contribution in [1.29, 1.82) is 0 Å². The molecule has 0 radical (unpaired) electrons. The van der Waals surface area contributed by atoms with E-state index >= 15 is 0 Å². The van der Waals surface area contributed by atoms with Gasteiger partial charge >= 0.3 is 5.97 Å². The van der Waals surface area contributed by atoms with E-state index in [0.717, 1.165) is 31.3 Å². The third-order valence-electron chi connectivity index (χ3n) is 6.09. The number of fused-ring (bicyclic) bond motifs is 1. The molecule has 2 aliphatic rings. The molecule has 2 heteroatoms. The molecule has 3 rings (SSSR count). The van der Waals surface area contributed by atoms with Crippen molar-refractivity contribution in [1.82, 2.24) is 0 Å². The molecule has 136 valence electrons. The first-order valence-corrected chi connectivity index (χ1v) is 9.95. The average molecular weight is 341 g/mol. The van der Waals surface area contributed by atoms with E-state index < -0.39 is 0 Å². The lowest BCUT2D eigenvalue weighted by molar-refractivity contribution is -0.149. The van der Waals surface area contributed by atoms with E-state index in [1.807, 2.05) is 0 Å². The number of carbonyl (C=O) groups is 1. The number of allylic oxidation sites excluding steroid dienone is 1. The molecular weight excluding hydrogens is 308 g/mol. The molecule has 0 saturated heterocycles.